The Morgan fingerprint density at radius 1 is 0.879 bits per heavy atom. The number of nitrogens with one attached hydrogen (secondary N) is 1. The minimum atomic E-state index is -0.850. The second-order valence-electron chi connectivity index (χ2n) is 8.98. The minimum absolute atomic E-state index is 0.0971. The van der Waals surface area contributed by atoms with Crippen molar-refractivity contribution in [2.75, 3.05) is 44.7 Å². The summed E-state index contributed by atoms with van der Waals surface area (Å²) in [4.78, 5) is 26.8. The van der Waals surface area contributed by atoms with Gasteiger partial charge in [-0.3, -0.25) is 0 Å². The molecule has 2 saturated heterocycles. The molecule has 5 rings (SSSR count). The molecule has 33 heavy (non-hydrogen) atoms. The third-order valence-electron chi connectivity index (χ3n) is 6.95. The number of morpholine rings is 1. The maximum absolute atomic E-state index is 12.4. The SMILES string of the molecule is O=C(O)N1CCC2(CCc3cc(-c4ccc(NC(=O)N5CCOCC5)cc4)ccc3O2)CC1. The summed E-state index contributed by atoms with van der Waals surface area (Å²) in [5, 5.41) is 12.2. The summed E-state index contributed by atoms with van der Waals surface area (Å²) < 4.78 is 11.7. The highest BCUT2D eigenvalue weighted by molar-refractivity contribution is 5.89. The highest BCUT2D eigenvalue weighted by Gasteiger charge is 2.40. The van der Waals surface area contributed by atoms with E-state index in [1.807, 2.05) is 30.3 Å². The number of fused-ring (bicyclic) bond motifs is 1. The fourth-order valence-electron chi connectivity index (χ4n) is 4.87. The van der Waals surface area contributed by atoms with Crippen LogP contribution in [0.1, 0.15) is 24.8 Å². The number of likely N-dealkylation sites (tertiary alicyclic amines) is 1. The van der Waals surface area contributed by atoms with E-state index in [1.165, 1.54) is 10.5 Å². The summed E-state index contributed by atoms with van der Waals surface area (Å²) >= 11 is 0. The van der Waals surface area contributed by atoms with Crippen LogP contribution < -0.4 is 10.1 Å². The van der Waals surface area contributed by atoms with Crippen molar-refractivity contribution in [1.29, 1.82) is 0 Å². The lowest BCUT2D eigenvalue weighted by atomic mass is 9.82. The topological polar surface area (TPSA) is 91.3 Å². The monoisotopic (exact) mass is 451 g/mol. The molecule has 0 aromatic heterocycles. The van der Waals surface area contributed by atoms with Gasteiger partial charge in [-0.25, -0.2) is 9.59 Å². The van der Waals surface area contributed by atoms with Crippen LogP contribution in [-0.4, -0.2) is 72.0 Å². The smallest absolute Gasteiger partial charge is 0.407 e. The van der Waals surface area contributed by atoms with Crippen LogP contribution in [0.2, 0.25) is 0 Å². The molecule has 174 valence electrons. The Labute approximate surface area is 193 Å². The van der Waals surface area contributed by atoms with Crippen molar-refractivity contribution in [1.82, 2.24) is 9.80 Å². The average molecular weight is 452 g/mol. The van der Waals surface area contributed by atoms with Crippen molar-refractivity contribution in [2.45, 2.75) is 31.3 Å². The normalized spacial score (nSPS) is 19.5. The van der Waals surface area contributed by atoms with Gasteiger partial charge in [-0.1, -0.05) is 18.2 Å². The van der Waals surface area contributed by atoms with E-state index >= 15 is 0 Å². The minimum Gasteiger partial charge on any atom is -0.487 e. The van der Waals surface area contributed by atoms with Crippen molar-refractivity contribution in [3.63, 3.8) is 0 Å². The highest BCUT2D eigenvalue weighted by Crippen LogP contribution is 2.40. The maximum atomic E-state index is 12.4. The number of carbonyl (C=O) groups excluding carboxylic acids is 1. The fourth-order valence-corrected chi connectivity index (χ4v) is 4.87. The highest BCUT2D eigenvalue weighted by atomic mass is 16.5. The second kappa shape index (κ2) is 8.94. The number of aryl methyl sites for hydroxylation is 1. The second-order valence-corrected chi connectivity index (χ2v) is 8.98. The zero-order valence-electron chi connectivity index (χ0n) is 18.6. The van der Waals surface area contributed by atoms with Gasteiger partial charge in [0.1, 0.15) is 11.4 Å². The zero-order chi connectivity index (χ0) is 22.8. The lowest BCUT2D eigenvalue weighted by Crippen LogP contribution is -2.50. The lowest BCUT2D eigenvalue weighted by molar-refractivity contribution is -0.0103. The Hall–Kier alpha value is -3.26. The molecule has 2 aromatic carbocycles. The van der Waals surface area contributed by atoms with Gasteiger partial charge in [0.15, 0.2) is 0 Å². The molecule has 1 spiro atoms. The lowest BCUT2D eigenvalue weighted by Gasteiger charge is -2.44. The predicted octanol–water partition coefficient (Wildman–Crippen LogP) is 4.06. The molecule has 2 fully saturated rings. The van der Waals surface area contributed by atoms with E-state index in [0.29, 0.717) is 39.4 Å². The Morgan fingerprint density at radius 2 is 1.58 bits per heavy atom. The number of piperidine rings is 1. The first-order chi connectivity index (χ1) is 16.0. The van der Waals surface area contributed by atoms with Crippen LogP contribution in [0.5, 0.6) is 5.75 Å². The van der Waals surface area contributed by atoms with Crippen molar-refractivity contribution >= 4 is 17.8 Å². The predicted molar refractivity (Wildman–Crippen MR) is 124 cm³/mol. The number of carbonyl (C=O) groups is 2. The molecular weight excluding hydrogens is 422 g/mol. The number of hydrogen-bond acceptors (Lipinski definition) is 4. The van der Waals surface area contributed by atoms with Crippen LogP contribution in [0.15, 0.2) is 42.5 Å². The molecule has 0 unspecified atom stereocenters. The quantitative estimate of drug-likeness (QED) is 0.719. The number of amides is 3. The first-order valence-electron chi connectivity index (χ1n) is 11.6. The number of carboxylic acid groups (broad SMARTS) is 1. The van der Waals surface area contributed by atoms with Crippen molar-refractivity contribution < 1.29 is 24.2 Å². The van der Waals surface area contributed by atoms with Crippen molar-refractivity contribution in [3.05, 3.63) is 48.0 Å². The zero-order valence-corrected chi connectivity index (χ0v) is 18.6. The molecule has 3 amide bonds. The number of benzene rings is 2. The Bertz CT molecular complexity index is 1020. The Balaban J connectivity index is 1.23. The number of ether oxygens (including phenoxy) is 2. The van der Waals surface area contributed by atoms with E-state index < -0.39 is 6.09 Å². The summed E-state index contributed by atoms with van der Waals surface area (Å²) in [5.41, 5.74) is 3.90. The molecule has 2 aromatic rings. The molecular formula is C25H29N3O5. The van der Waals surface area contributed by atoms with Crippen LogP contribution in [-0.2, 0) is 11.2 Å². The number of urea groups is 1. The van der Waals surface area contributed by atoms with Crippen molar-refractivity contribution in [3.8, 4) is 16.9 Å². The van der Waals surface area contributed by atoms with Gasteiger partial charge >= 0.3 is 12.1 Å². The summed E-state index contributed by atoms with van der Waals surface area (Å²) in [5.74, 6) is 0.906. The third-order valence-corrected chi connectivity index (χ3v) is 6.95. The Morgan fingerprint density at radius 3 is 2.27 bits per heavy atom. The Kier molecular flexibility index (Phi) is 5.85. The van der Waals surface area contributed by atoms with Crippen LogP contribution in [0.3, 0.4) is 0 Å². The summed E-state index contributed by atoms with van der Waals surface area (Å²) in [6.07, 6.45) is 2.45. The molecule has 0 bridgehead atoms. The molecule has 3 aliphatic heterocycles. The number of hydrogen-bond donors (Lipinski definition) is 2. The molecule has 3 heterocycles. The molecule has 0 radical (unpaired) electrons. The van der Waals surface area contributed by atoms with Gasteiger partial charge in [-0.15, -0.1) is 0 Å². The molecule has 8 nitrogen and oxygen atoms in total. The van der Waals surface area contributed by atoms with Crippen LogP contribution in [0.25, 0.3) is 11.1 Å². The van der Waals surface area contributed by atoms with Gasteiger partial charge in [0.25, 0.3) is 0 Å². The van der Waals surface area contributed by atoms with Gasteiger partial charge in [0.2, 0.25) is 0 Å². The van der Waals surface area contributed by atoms with Gasteiger partial charge in [0, 0.05) is 44.7 Å². The summed E-state index contributed by atoms with van der Waals surface area (Å²) in [6.45, 7) is 3.43. The summed E-state index contributed by atoms with van der Waals surface area (Å²) in [6, 6.07) is 14.1. The largest absolute Gasteiger partial charge is 0.487 e. The van der Waals surface area contributed by atoms with Gasteiger partial charge in [-0.05, 0) is 53.8 Å². The first kappa shape index (κ1) is 21.6. The maximum Gasteiger partial charge on any atom is 0.407 e. The number of rotatable bonds is 2. The van der Waals surface area contributed by atoms with Gasteiger partial charge in [0.05, 0.1) is 13.2 Å². The van der Waals surface area contributed by atoms with Crippen molar-refractivity contribution in [2.24, 2.45) is 0 Å². The molecule has 0 atom stereocenters. The fraction of sp³-hybridized carbons (Fsp3) is 0.440. The average Bonchev–Trinajstić information content (AvgIpc) is 2.85. The van der Waals surface area contributed by atoms with E-state index in [9.17, 15) is 14.7 Å². The van der Waals surface area contributed by atoms with Crippen LogP contribution in [0.4, 0.5) is 15.3 Å². The van der Waals surface area contributed by atoms with E-state index in [2.05, 4.69) is 17.4 Å². The van der Waals surface area contributed by atoms with E-state index in [-0.39, 0.29) is 11.6 Å². The van der Waals surface area contributed by atoms with Crippen LogP contribution >= 0.6 is 0 Å². The van der Waals surface area contributed by atoms with Gasteiger partial charge < -0.3 is 29.7 Å². The first-order valence-corrected chi connectivity index (χ1v) is 11.6. The molecule has 0 saturated carbocycles. The van der Waals surface area contributed by atoms with Crippen LogP contribution in [0, 0.1) is 0 Å². The summed E-state index contributed by atoms with van der Waals surface area (Å²) in [7, 11) is 0. The molecule has 8 heteroatoms. The molecule has 0 aliphatic carbocycles. The number of nitrogens with zero attached hydrogens (tertiary/aromatic N) is 2. The van der Waals surface area contributed by atoms with E-state index in [0.717, 1.165) is 48.2 Å². The standard InChI is InChI=1S/C25H29N3O5/c29-23(27-13-15-32-16-14-27)26-21-4-1-18(2-5-21)19-3-6-22-20(17-19)7-8-25(33-22)9-11-28(12-10-25)24(30)31/h1-6,17H,7-16H2,(H,26,29)(H,30,31). The van der Waals surface area contributed by atoms with E-state index in [1.54, 1.807) is 4.90 Å². The molecule has 2 N–H and O–H groups in total. The third kappa shape index (κ3) is 4.61. The van der Waals surface area contributed by atoms with E-state index in [4.69, 9.17) is 9.47 Å². The number of anilines is 1. The molecule has 3 aliphatic rings. The van der Waals surface area contributed by atoms with Gasteiger partial charge in [-0.2, -0.15) is 0 Å².